The van der Waals surface area contributed by atoms with Gasteiger partial charge in [-0.25, -0.2) is 18.4 Å². The number of aromatic nitrogens is 2. The number of rotatable bonds is 2. The Labute approximate surface area is 133 Å². The molecule has 1 unspecified atom stereocenters. The topological polar surface area (TPSA) is 89.0 Å². The molecule has 1 atom stereocenters. The molecule has 1 fully saturated rings. The summed E-state index contributed by atoms with van der Waals surface area (Å²) in [6.07, 6.45) is 0.678. The van der Waals surface area contributed by atoms with Crippen LogP contribution in [0.3, 0.4) is 0 Å². The van der Waals surface area contributed by atoms with E-state index in [2.05, 4.69) is 15.3 Å². The van der Waals surface area contributed by atoms with Gasteiger partial charge < -0.3 is 5.32 Å². The SMILES string of the molecule is CC1(Nc2nc(C(C)(C)C)nc3c2S(=O)CC3)CS(=O)(=O)C1. The standard InChI is InChI=1S/C14H21N3O3S2/c1-13(2,3)12-15-9-5-6-21(18)10(9)11(16-12)17-14(4)7-22(19,20)8-14/h5-8H2,1-4H3,(H,15,16,17). The van der Waals surface area contributed by atoms with Gasteiger partial charge in [0.25, 0.3) is 0 Å². The molecule has 0 aliphatic carbocycles. The lowest BCUT2D eigenvalue weighted by Crippen LogP contribution is -2.58. The Hall–Kier alpha value is -1.02. The van der Waals surface area contributed by atoms with E-state index in [1.807, 2.05) is 27.7 Å². The van der Waals surface area contributed by atoms with Gasteiger partial charge in [0.1, 0.15) is 16.5 Å². The highest BCUT2D eigenvalue weighted by atomic mass is 32.2. The van der Waals surface area contributed by atoms with Crippen molar-refractivity contribution in [1.29, 1.82) is 0 Å². The van der Waals surface area contributed by atoms with Crippen molar-refractivity contribution in [2.75, 3.05) is 22.6 Å². The highest BCUT2D eigenvalue weighted by molar-refractivity contribution is 7.93. The van der Waals surface area contributed by atoms with Gasteiger partial charge in [0, 0.05) is 17.6 Å². The molecule has 1 N–H and O–H groups in total. The third-order valence-corrected chi connectivity index (χ3v) is 7.47. The van der Waals surface area contributed by atoms with Gasteiger partial charge in [0.2, 0.25) is 0 Å². The average molecular weight is 343 g/mol. The van der Waals surface area contributed by atoms with Crippen molar-refractivity contribution in [3.05, 3.63) is 11.5 Å². The third-order valence-electron chi connectivity index (χ3n) is 3.86. The Balaban J connectivity index is 2.03. The molecule has 1 aromatic heterocycles. The van der Waals surface area contributed by atoms with E-state index in [1.54, 1.807) is 0 Å². The van der Waals surface area contributed by atoms with Crippen molar-refractivity contribution in [3.8, 4) is 0 Å². The van der Waals surface area contributed by atoms with Crippen molar-refractivity contribution in [2.24, 2.45) is 0 Å². The monoisotopic (exact) mass is 343 g/mol. The lowest BCUT2D eigenvalue weighted by atomic mass is 9.95. The molecule has 0 aromatic carbocycles. The summed E-state index contributed by atoms with van der Waals surface area (Å²) in [4.78, 5) is 9.80. The lowest BCUT2D eigenvalue weighted by Gasteiger charge is -2.39. The molecule has 2 aliphatic rings. The summed E-state index contributed by atoms with van der Waals surface area (Å²) < 4.78 is 35.2. The summed E-state index contributed by atoms with van der Waals surface area (Å²) in [6.45, 7) is 7.94. The molecule has 122 valence electrons. The maximum absolute atomic E-state index is 12.2. The van der Waals surface area contributed by atoms with Crippen molar-refractivity contribution in [3.63, 3.8) is 0 Å². The summed E-state index contributed by atoms with van der Waals surface area (Å²) in [5.74, 6) is 1.95. The van der Waals surface area contributed by atoms with E-state index in [-0.39, 0.29) is 16.9 Å². The predicted molar refractivity (Wildman–Crippen MR) is 86.4 cm³/mol. The number of nitrogens with zero attached hydrogens (tertiary/aromatic N) is 2. The van der Waals surface area contributed by atoms with E-state index in [0.29, 0.717) is 28.7 Å². The average Bonchev–Trinajstić information content (AvgIpc) is 2.67. The Morgan fingerprint density at radius 3 is 2.41 bits per heavy atom. The molecule has 3 rings (SSSR count). The second-order valence-electron chi connectivity index (χ2n) is 7.44. The summed E-state index contributed by atoms with van der Waals surface area (Å²) in [7, 11) is -4.07. The molecule has 3 heterocycles. The minimum atomic E-state index is -2.96. The molecule has 22 heavy (non-hydrogen) atoms. The maximum Gasteiger partial charge on any atom is 0.154 e. The molecular formula is C14H21N3O3S2. The number of fused-ring (bicyclic) bond motifs is 1. The first-order chi connectivity index (χ1) is 9.99. The highest BCUT2D eigenvalue weighted by Crippen LogP contribution is 2.34. The van der Waals surface area contributed by atoms with E-state index in [4.69, 9.17) is 0 Å². The van der Waals surface area contributed by atoms with Crippen LogP contribution in [0, 0.1) is 0 Å². The van der Waals surface area contributed by atoms with Crippen LogP contribution in [0.5, 0.6) is 0 Å². The number of sulfone groups is 1. The zero-order chi connectivity index (χ0) is 16.3. The third kappa shape index (κ3) is 2.78. The van der Waals surface area contributed by atoms with Crippen molar-refractivity contribution >= 4 is 26.5 Å². The molecule has 0 saturated carbocycles. The summed E-state index contributed by atoms with van der Waals surface area (Å²) in [6, 6.07) is 0. The molecule has 0 spiro atoms. The van der Waals surface area contributed by atoms with E-state index < -0.39 is 26.2 Å². The van der Waals surface area contributed by atoms with Crippen LogP contribution in [0.1, 0.15) is 39.2 Å². The van der Waals surface area contributed by atoms with Crippen LogP contribution in [-0.4, -0.2) is 45.4 Å². The quantitative estimate of drug-likeness (QED) is 0.863. The highest BCUT2D eigenvalue weighted by Gasteiger charge is 2.46. The van der Waals surface area contributed by atoms with E-state index >= 15 is 0 Å². The first kappa shape index (κ1) is 15.9. The van der Waals surface area contributed by atoms with Crippen LogP contribution >= 0.6 is 0 Å². The van der Waals surface area contributed by atoms with Gasteiger partial charge in [-0.05, 0) is 6.92 Å². The van der Waals surface area contributed by atoms with Gasteiger partial charge in [0.15, 0.2) is 9.84 Å². The minimum absolute atomic E-state index is 0.0796. The number of aryl methyl sites for hydroxylation is 1. The van der Waals surface area contributed by atoms with Crippen LogP contribution in [0.25, 0.3) is 0 Å². The second-order valence-corrected chi connectivity index (χ2v) is 11.0. The van der Waals surface area contributed by atoms with Gasteiger partial charge >= 0.3 is 0 Å². The van der Waals surface area contributed by atoms with Gasteiger partial charge in [0.05, 0.1) is 33.5 Å². The number of hydrogen-bond acceptors (Lipinski definition) is 6. The largest absolute Gasteiger partial charge is 0.362 e. The smallest absolute Gasteiger partial charge is 0.154 e. The molecule has 0 bridgehead atoms. The Morgan fingerprint density at radius 2 is 1.86 bits per heavy atom. The molecule has 0 radical (unpaired) electrons. The lowest BCUT2D eigenvalue weighted by molar-refractivity contribution is 0.507. The fraction of sp³-hybridized carbons (Fsp3) is 0.714. The molecule has 2 aliphatic heterocycles. The van der Waals surface area contributed by atoms with Crippen molar-refractivity contribution < 1.29 is 12.6 Å². The molecule has 0 amide bonds. The predicted octanol–water partition coefficient (Wildman–Crippen LogP) is 1.04. The number of hydrogen-bond donors (Lipinski definition) is 1. The van der Waals surface area contributed by atoms with Crippen molar-refractivity contribution in [1.82, 2.24) is 9.97 Å². The summed E-state index contributed by atoms with van der Waals surface area (Å²) in [5, 5.41) is 3.23. The zero-order valence-corrected chi connectivity index (χ0v) is 14.9. The second kappa shape index (κ2) is 4.74. The van der Waals surface area contributed by atoms with Gasteiger partial charge in [-0.2, -0.15) is 0 Å². The summed E-state index contributed by atoms with van der Waals surface area (Å²) in [5.41, 5.74) is 0.0666. The minimum Gasteiger partial charge on any atom is -0.362 e. The van der Waals surface area contributed by atoms with Crippen LogP contribution in [0.4, 0.5) is 5.82 Å². The number of anilines is 1. The normalized spacial score (nSPS) is 25.4. The van der Waals surface area contributed by atoms with E-state index in [0.717, 1.165) is 5.69 Å². The van der Waals surface area contributed by atoms with Crippen LogP contribution in [-0.2, 0) is 32.5 Å². The van der Waals surface area contributed by atoms with Crippen LogP contribution in [0.15, 0.2) is 4.90 Å². The van der Waals surface area contributed by atoms with Crippen LogP contribution in [0.2, 0.25) is 0 Å². The molecular weight excluding hydrogens is 322 g/mol. The van der Waals surface area contributed by atoms with Crippen LogP contribution < -0.4 is 5.32 Å². The Kier molecular flexibility index (Phi) is 3.41. The maximum atomic E-state index is 12.2. The molecule has 1 saturated heterocycles. The fourth-order valence-corrected chi connectivity index (χ4v) is 6.21. The van der Waals surface area contributed by atoms with Gasteiger partial charge in [-0.3, -0.25) is 4.21 Å². The number of nitrogens with one attached hydrogen (secondary N) is 1. The van der Waals surface area contributed by atoms with Gasteiger partial charge in [-0.1, -0.05) is 20.8 Å². The fourth-order valence-electron chi connectivity index (χ4n) is 2.90. The summed E-state index contributed by atoms with van der Waals surface area (Å²) >= 11 is 0. The molecule has 1 aromatic rings. The first-order valence-electron chi connectivity index (χ1n) is 7.28. The van der Waals surface area contributed by atoms with Crippen molar-refractivity contribution in [2.45, 2.75) is 50.0 Å². The first-order valence-corrected chi connectivity index (χ1v) is 10.4. The van der Waals surface area contributed by atoms with E-state index in [9.17, 15) is 12.6 Å². The Morgan fingerprint density at radius 1 is 1.23 bits per heavy atom. The molecule has 6 nitrogen and oxygen atoms in total. The Bertz CT molecular complexity index is 754. The van der Waals surface area contributed by atoms with Gasteiger partial charge in [-0.15, -0.1) is 0 Å². The molecule has 8 heteroatoms. The zero-order valence-electron chi connectivity index (χ0n) is 13.3. The van der Waals surface area contributed by atoms with E-state index in [1.165, 1.54) is 0 Å².